The SMILES string of the molecule is O=C(Cn1cc(S(=O)(=O)Cc2ccc(Cl)cc2)c2ccccc21)Nc1cccc(C(F)(F)F)c1. The maximum atomic E-state index is 13.2. The van der Waals surface area contributed by atoms with Gasteiger partial charge < -0.3 is 9.88 Å². The first kappa shape index (κ1) is 23.8. The summed E-state index contributed by atoms with van der Waals surface area (Å²) in [6.45, 7) is -0.285. The summed E-state index contributed by atoms with van der Waals surface area (Å²) in [5.74, 6) is -0.851. The second-order valence-corrected chi connectivity index (χ2v) is 10.0. The summed E-state index contributed by atoms with van der Waals surface area (Å²) in [4.78, 5) is 12.7. The van der Waals surface area contributed by atoms with Crippen molar-refractivity contribution in [2.24, 2.45) is 0 Å². The fourth-order valence-electron chi connectivity index (χ4n) is 3.60. The van der Waals surface area contributed by atoms with Gasteiger partial charge >= 0.3 is 6.18 Å². The summed E-state index contributed by atoms with van der Waals surface area (Å²) in [5.41, 5.74) is 0.180. The lowest BCUT2D eigenvalue weighted by Crippen LogP contribution is -2.18. The Hall–Kier alpha value is -3.30. The first-order valence-electron chi connectivity index (χ1n) is 10.1. The number of nitrogens with zero attached hydrogens (tertiary/aromatic N) is 1. The third kappa shape index (κ3) is 5.26. The van der Waals surface area contributed by atoms with Crippen LogP contribution in [0.5, 0.6) is 0 Å². The van der Waals surface area contributed by atoms with E-state index in [4.69, 9.17) is 11.6 Å². The molecule has 0 aliphatic heterocycles. The normalized spacial score (nSPS) is 12.1. The molecular formula is C24H18ClF3N2O3S. The number of amides is 1. The number of hydrogen-bond donors (Lipinski definition) is 1. The van der Waals surface area contributed by atoms with Gasteiger partial charge in [0, 0.05) is 27.8 Å². The molecule has 0 fully saturated rings. The molecule has 1 aromatic heterocycles. The quantitative estimate of drug-likeness (QED) is 0.352. The van der Waals surface area contributed by atoms with Gasteiger partial charge in [-0.3, -0.25) is 4.79 Å². The number of rotatable bonds is 6. The van der Waals surface area contributed by atoms with E-state index >= 15 is 0 Å². The molecular weight excluding hydrogens is 489 g/mol. The van der Waals surface area contributed by atoms with Gasteiger partial charge in [-0.2, -0.15) is 13.2 Å². The lowest BCUT2D eigenvalue weighted by Gasteiger charge is -2.10. The van der Waals surface area contributed by atoms with Crippen LogP contribution in [-0.4, -0.2) is 18.9 Å². The highest BCUT2D eigenvalue weighted by molar-refractivity contribution is 7.90. The number of alkyl halides is 3. The van der Waals surface area contributed by atoms with E-state index in [0.717, 1.165) is 12.1 Å². The highest BCUT2D eigenvalue weighted by Gasteiger charge is 2.30. The molecule has 1 N–H and O–H groups in total. The van der Waals surface area contributed by atoms with Crippen LogP contribution in [0.2, 0.25) is 5.02 Å². The van der Waals surface area contributed by atoms with Crippen molar-refractivity contribution in [3.8, 4) is 0 Å². The van der Waals surface area contributed by atoms with Crippen LogP contribution in [0.15, 0.2) is 83.9 Å². The average molecular weight is 507 g/mol. The third-order valence-corrected chi connectivity index (χ3v) is 7.11. The van der Waals surface area contributed by atoms with E-state index in [-0.39, 0.29) is 22.9 Å². The summed E-state index contributed by atoms with van der Waals surface area (Å²) >= 11 is 5.87. The Bertz CT molecular complexity index is 1460. The minimum atomic E-state index is -4.54. The lowest BCUT2D eigenvalue weighted by molar-refractivity contribution is -0.137. The van der Waals surface area contributed by atoms with E-state index in [1.54, 1.807) is 48.5 Å². The number of fused-ring (bicyclic) bond motifs is 1. The van der Waals surface area contributed by atoms with Crippen molar-refractivity contribution in [1.82, 2.24) is 4.57 Å². The Morgan fingerprint density at radius 1 is 0.971 bits per heavy atom. The summed E-state index contributed by atoms with van der Waals surface area (Å²) < 4.78 is 66.6. The number of benzene rings is 3. The van der Waals surface area contributed by atoms with Crippen molar-refractivity contribution in [2.45, 2.75) is 23.4 Å². The molecule has 3 aromatic carbocycles. The highest BCUT2D eigenvalue weighted by Crippen LogP contribution is 2.31. The molecule has 4 rings (SSSR count). The van der Waals surface area contributed by atoms with Crippen molar-refractivity contribution in [3.63, 3.8) is 0 Å². The Balaban J connectivity index is 1.61. The monoisotopic (exact) mass is 506 g/mol. The molecule has 0 aliphatic rings. The van der Waals surface area contributed by atoms with E-state index in [1.165, 1.54) is 22.9 Å². The van der Waals surface area contributed by atoms with Crippen LogP contribution in [-0.2, 0) is 33.1 Å². The van der Waals surface area contributed by atoms with Gasteiger partial charge in [0.05, 0.1) is 16.2 Å². The number of carbonyl (C=O) groups excluding carboxylic acids is 1. The van der Waals surface area contributed by atoms with E-state index in [0.29, 0.717) is 21.5 Å². The number of sulfone groups is 1. The van der Waals surface area contributed by atoms with Gasteiger partial charge in [0.15, 0.2) is 9.84 Å². The molecule has 5 nitrogen and oxygen atoms in total. The summed E-state index contributed by atoms with van der Waals surface area (Å²) in [7, 11) is -3.77. The number of aromatic nitrogens is 1. The largest absolute Gasteiger partial charge is 0.416 e. The minimum Gasteiger partial charge on any atom is -0.337 e. The smallest absolute Gasteiger partial charge is 0.337 e. The van der Waals surface area contributed by atoms with Gasteiger partial charge in [-0.15, -0.1) is 0 Å². The van der Waals surface area contributed by atoms with Gasteiger partial charge in [-0.25, -0.2) is 8.42 Å². The van der Waals surface area contributed by atoms with Gasteiger partial charge in [0.2, 0.25) is 5.91 Å². The van der Waals surface area contributed by atoms with E-state index in [1.807, 2.05) is 0 Å². The van der Waals surface area contributed by atoms with E-state index < -0.39 is 27.5 Å². The minimum absolute atomic E-state index is 0.00753. The molecule has 176 valence electrons. The zero-order valence-corrected chi connectivity index (χ0v) is 19.1. The number of anilines is 1. The molecule has 0 bridgehead atoms. The van der Waals surface area contributed by atoms with Crippen molar-refractivity contribution in [2.75, 3.05) is 5.32 Å². The Morgan fingerprint density at radius 2 is 1.68 bits per heavy atom. The topological polar surface area (TPSA) is 68.2 Å². The second kappa shape index (κ2) is 9.15. The molecule has 0 aliphatic carbocycles. The molecule has 1 amide bonds. The molecule has 0 spiro atoms. The summed E-state index contributed by atoms with van der Waals surface area (Å²) in [6, 6.07) is 17.5. The Morgan fingerprint density at radius 3 is 2.38 bits per heavy atom. The fourth-order valence-corrected chi connectivity index (χ4v) is 5.31. The van der Waals surface area contributed by atoms with Crippen LogP contribution < -0.4 is 5.32 Å². The van der Waals surface area contributed by atoms with E-state index in [2.05, 4.69) is 5.32 Å². The lowest BCUT2D eigenvalue weighted by atomic mass is 10.2. The molecule has 0 atom stereocenters. The zero-order chi connectivity index (χ0) is 24.5. The predicted octanol–water partition coefficient (Wildman–Crippen LogP) is 5.93. The number of nitrogens with one attached hydrogen (secondary N) is 1. The molecule has 34 heavy (non-hydrogen) atoms. The standard InChI is InChI=1S/C24H18ClF3N2O3S/c25-18-10-8-16(9-11-18)15-34(32,33)22-13-30(21-7-2-1-6-20(21)22)14-23(31)29-19-5-3-4-17(12-19)24(26,27)28/h1-13H,14-15H2,(H,29,31). The summed E-state index contributed by atoms with van der Waals surface area (Å²) in [5, 5.41) is 3.38. The third-order valence-electron chi connectivity index (χ3n) is 5.14. The molecule has 0 radical (unpaired) electrons. The number of hydrogen-bond acceptors (Lipinski definition) is 3. The van der Waals surface area contributed by atoms with Gasteiger partial charge in [0.1, 0.15) is 6.54 Å². The molecule has 10 heteroatoms. The Labute approximate surface area is 198 Å². The predicted molar refractivity (Wildman–Crippen MR) is 124 cm³/mol. The molecule has 1 heterocycles. The number of halogens is 4. The number of carbonyl (C=O) groups is 1. The van der Waals surface area contributed by atoms with Crippen molar-refractivity contribution < 1.29 is 26.4 Å². The molecule has 0 saturated carbocycles. The number of para-hydroxylation sites is 1. The van der Waals surface area contributed by atoms with Crippen molar-refractivity contribution in [1.29, 1.82) is 0 Å². The van der Waals surface area contributed by atoms with Crippen LogP contribution in [0.25, 0.3) is 10.9 Å². The maximum Gasteiger partial charge on any atom is 0.416 e. The first-order chi connectivity index (χ1) is 16.0. The van der Waals surface area contributed by atoms with Crippen molar-refractivity contribution >= 4 is 43.9 Å². The molecule has 4 aromatic rings. The molecule has 0 unspecified atom stereocenters. The van der Waals surface area contributed by atoms with Crippen LogP contribution in [0.1, 0.15) is 11.1 Å². The van der Waals surface area contributed by atoms with Crippen LogP contribution in [0.3, 0.4) is 0 Å². The maximum absolute atomic E-state index is 13.2. The molecule has 0 saturated heterocycles. The van der Waals surface area contributed by atoms with Crippen LogP contribution in [0, 0.1) is 0 Å². The highest BCUT2D eigenvalue weighted by atomic mass is 35.5. The van der Waals surface area contributed by atoms with Gasteiger partial charge in [-0.1, -0.05) is 48.0 Å². The first-order valence-corrected chi connectivity index (χ1v) is 12.1. The second-order valence-electron chi connectivity index (χ2n) is 7.65. The van der Waals surface area contributed by atoms with E-state index in [9.17, 15) is 26.4 Å². The Kier molecular flexibility index (Phi) is 6.42. The van der Waals surface area contributed by atoms with Crippen LogP contribution >= 0.6 is 11.6 Å². The van der Waals surface area contributed by atoms with Crippen molar-refractivity contribution in [3.05, 3.63) is 95.1 Å². The van der Waals surface area contributed by atoms with Gasteiger partial charge in [0.25, 0.3) is 0 Å². The van der Waals surface area contributed by atoms with Gasteiger partial charge in [-0.05, 0) is 42.0 Å². The fraction of sp³-hybridized carbons (Fsp3) is 0.125. The van der Waals surface area contributed by atoms with Crippen LogP contribution in [0.4, 0.5) is 18.9 Å². The zero-order valence-electron chi connectivity index (χ0n) is 17.5. The average Bonchev–Trinajstić information content (AvgIpc) is 3.14. The summed E-state index contributed by atoms with van der Waals surface area (Å²) in [6.07, 6.45) is -3.16.